The Labute approximate surface area is 102 Å². The molecule has 0 saturated heterocycles. The Kier molecular flexibility index (Phi) is 2.95. The highest BCUT2D eigenvalue weighted by Gasteiger charge is 2.32. The summed E-state index contributed by atoms with van der Waals surface area (Å²) in [4.78, 5) is 0. The van der Waals surface area contributed by atoms with E-state index in [0.717, 1.165) is 23.1 Å². The van der Waals surface area contributed by atoms with Gasteiger partial charge in [0.05, 0.1) is 0 Å². The number of aromatic amines is 1. The predicted molar refractivity (Wildman–Crippen MR) is 68.0 cm³/mol. The van der Waals surface area contributed by atoms with E-state index >= 15 is 0 Å². The van der Waals surface area contributed by atoms with E-state index in [-0.39, 0.29) is 5.41 Å². The lowest BCUT2D eigenvalue weighted by Gasteiger charge is -2.21. The van der Waals surface area contributed by atoms with Gasteiger partial charge in [0.2, 0.25) is 0 Å². The predicted octanol–water partition coefficient (Wildman–Crippen LogP) is 3.50. The van der Waals surface area contributed by atoms with Gasteiger partial charge in [-0.1, -0.05) is 27.7 Å². The molecule has 0 amide bonds. The van der Waals surface area contributed by atoms with E-state index in [0.29, 0.717) is 5.92 Å². The molecule has 1 aromatic heterocycles. The molecule has 0 radical (unpaired) electrons. The van der Waals surface area contributed by atoms with Crippen LogP contribution in [0.5, 0.6) is 0 Å². The molecule has 90 valence electrons. The van der Waals surface area contributed by atoms with Gasteiger partial charge in [0.1, 0.15) is 5.82 Å². The average molecular weight is 239 g/mol. The lowest BCUT2D eigenvalue weighted by molar-refractivity contribution is 0.331. The molecule has 4 heteroatoms. The summed E-state index contributed by atoms with van der Waals surface area (Å²) in [5.74, 6) is 2.50. The molecule has 1 aliphatic carbocycles. The standard InChI is InChI=1S/C12H21N3S/c1-8(9-5-6-9)10-13-14-11(16)15(10)7-12(2,3)4/h8-9H,5-7H2,1-4H3,(H,14,16). The number of aromatic nitrogens is 3. The van der Waals surface area contributed by atoms with Crippen LogP contribution in [-0.2, 0) is 6.54 Å². The van der Waals surface area contributed by atoms with Crippen molar-refractivity contribution < 1.29 is 0 Å². The Morgan fingerprint density at radius 2 is 2.12 bits per heavy atom. The topological polar surface area (TPSA) is 33.6 Å². The van der Waals surface area contributed by atoms with Crippen molar-refractivity contribution in [2.45, 2.75) is 53.0 Å². The second-order valence-corrected chi connectivity index (χ2v) is 6.55. The molecular weight excluding hydrogens is 218 g/mol. The van der Waals surface area contributed by atoms with Crippen molar-refractivity contribution in [2.24, 2.45) is 11.3 Å². The maximum Gasteiger partial charge on any atom is 0.195 e. The van der Waals surface area contributed by atoms with Crippen molar-refractivity contribution in [2.75, 3.05) is 0 Å². The van der Waals surface area contributed by atoms with Gasteiger partial charge in [0.25, 0.3) is 0 Å². The fourth-order valence-electron chi connectivity index (χ4n) is 2.11. The van der Waals surface area contributed by atoms with Crippen molar-refractivity contribution >= 4 is 12.2 Å². The van der Waals surface area contributed by atoms with E-state index in [9.17, 15) is 0 Å². The van der Waals surface area contributed by atoms with Crippen LogP contribution in [0.1, 0.15) is 52.3 Å². The van der Waals surface area contributed by atoms with Crippen LogP contribution in [0.15, 0.2) is 0 Å². The van der Waals surface area contributed by atoms with E-state index in [1.165, 1.54) is 12.8 Å². The number of nitrogens with zero attached hydrogens (tertiary/aromatic N) is 2. The van der Waals surface area contributed by atoms with Crippen LogP contribution < -0.4 is 0 Å². The van der Waals surface area contributed by atoms with Gasteiger partial charge in [-0.3, -0.25) is 5.10 Å². The molecule has 1 fully saturated rings. The monoisotopic (exact) mass is 239 g/mol. The Hall–Kier alpha value is -0.640. The summed E-state index contributed by atoms with van der Waals surface area (Å²) < 4.78 is 2.94. The first-order chi connectivity index (χ1) is 7.38. The highest BCUT2D eigenvalue weighted by atomic mass is 32.1. The van der Waals surface area contributed by atoms with E-state index in [1.54, 1.807) is 0 Å². The largest absolute Gasteiger partial charge is 0.303 e. The lowest BCUT2D eigenvalue weighted by Crippen LogP contribution is -2.19. The zero-order valence-corrected chi connectivity index (χ0v) is 11.4. The minimum Gasteiger partial charge on any atom is -0.303 e. The summed E-state index contributed by atoms with van der Waals surface area (Å²) in [7, 11) is 0. The van der Waals surface area contributed by atoms with E-state index < -0.39 is 0 Å². The normalized spacial score (nSPS) is 18.8. The zero-order valence-electron chi connectivity index (χ0n) is 10.6. The average Bonchev–Trinajstić information content (AvgIpc) is 2.92. The van der Waals surface area contributed by atoms with Gasteiger partial charge in [-0.2, -0.15) is 5.10 Å². The van der Waals surface area contributed by atoms with Crippen molar-refractivity contribution in [3.05, 3.63) is 10.6 Å². The molecule has 1 N–H and O–H groups in total. The molecule has 1 aliphatic rings. The molecule has 1 aromatic rings. The molecule has 3 nitrogen and oxygen atoms in total. The van der Waals surface area contributed by atoms with Crippen LogP contribution in [-0.4, -0.2) is 14.8 Å². The fraction of sp³-hybridized carbons (Fsp3) is 0.833. The zero-order chi connectivity index (χ0) is 11.9. The van der Waals surface area contributed by atoms with Crippen LogP contribution in [0, 0.1) is 16.1 Å². The third-order valence-electron chi connectivity index (χ3n) is 3.16. The second-order valence-electron chi connectivity index (χ2n) is 6.16. The summed E-state index contributed by atoms with van der Waals surface area (Å²) in [6.07, 6.45) is 2.69. The van der Waals surface area contributed by atoms with Crippen molar-refractivity contribution in [1.82, 2.24) is 14.8 Å². The van der Waals surface area contributed by atoms with Gasteiger partial charge in [0.15, 0.2) is 4.77 Å². The van der Waals surface area contributed by atoms with Crippen LogP contribution in [0.2, 0.25) is 0 Å². The minimum atomic E-state index is 0.236. The van der Waals surface area contributed by atoms with Gasteiger partial charge in [0, 0.05) is 12.5 Å². The SMILES string of the molecule is CC(c1n[nH]c(=S)n1CC(C)(C)C)C1CC1. The Morgan fingerprint density at radius 1 is 1.50 bits per heavy atom. The molecule has 1 saturated carbocycles. The number of hydrogen-bond donors (Lipinski definition) is 1. The highest BCUT2D eigenvalue weighted by molar-refractivity contribution is 7.71. The molecule has 16 heavy (non-hydrogen) atoms. The van der Waals surface area contributed by atoms with Crippen molar-refractivity contribution in [3.63, 3.8) is 0 Å². The summed E-state index contributed by atoms with van der Waals surface area (Å²) in [6, 6.07) is 0. The number of rotatable bonds is 3. The maximum atomic E-state index is 5.31. The molecule has 2 rings (SSSR count). The molecule has 0 bridgehead atoms. The highest BCUT2D eigenvalue weighted by Crippen LogP contribution is 2.41. The summed E-state index contributed by atoms with van der Waals surface area (Å²) in [5, 5.41) is 7.35. The smallest absolute Gasteiger partial charge is 0.195 e. The van der Waals surface area contributed by atoms with Gasteiger partial charge in [-0.05, 0) is 36.4 Å². The van der Waals surface area contributed by atoms with Gasteiger partial charge in [-0.25, -0.2) is 0 Å². The van der Waals surface area contributed by atoms with Crippen LogP contribution in [0.25, 0.3) is 0 Å². The van der Waals surface area contributed by atoms with Crippen LogP contribution >= 0.6 is 12.2 Å². The quantitative estimate of drug-likeness (QED) is 0.819. The maximum absolute atomic E-state index is 5.31. The third-order valence-corrected chi connectivity index (χ3v) is 3.47. The van der Waals surface area contributed by atoms with Crippen LogP contribution in [0.3, 0.4) is 0 Å². The van der Waals surface area contributed by atoms with E-state index in [2.05, 4.69) is 42.5 Å². The van der Waals surface area contributed by atoms with E-state index in [1.807, 2.05) is 0 Å². The molecule has 0 aliphatic heterocycles. The van der Waals surface area contributed by atoms with Gasteiger partial charge >= 0.3 is 0 Å². The molecule has 1 heterocycles. The number of H-pyrrole nitrogens is 1. The fourth-order valence-corrected chi connectivity index (χ4v) is 2.32. The van der Waals surface area contributed by atoms with E-state index in [4.69, 9.17) is 12.2 Å². The minimum absolute atomic E-state index is 0.236. The number of hydrogen-bond acceptors (Lipinski definition) is 2. The molecule has 1 unspecified atom stereocenters. The number of nitrogens with one attached hydrogen (secondary N) is 1. The van der Waals surface area contributed by atoms with Crippen molar-refractivity contribution in [1.29, 1.82) is 0 Å². The van der Waals surface area contributed by atoms with Gasteiger partial charge < -0.3 is 4.57 Å². The Morgan fingerprint density at radius 3 is 2.62 bits per heavy atom. The first-order valence-corrected chi connectivity index (χ1v) is 6.44. The molecule has 0 spiro atoms. The Balaban J connectivity index is 2.28. The molecule has 0 aromatic carbocycles. The lowest BCUT2D eigenvalue weighted by atomic mass is 9.96. The molecular formula is C12H21N3S. The summed E-state index contributed by atoms with van der Waals surface area (Å²) in [5.41, 5.74) is 0.236. The molecule has 1 atom stereocenters. The second kappa shape index (κ2) is 3.99. The third kappa shape index (κ3) is 2.54. The summed E-state index contributed by atoms with van der Waals surface area (Å²) in [6.45, 7) is 9.89. The van der Waals surface area contributed by atoms with Crippen molar-refractivity contribution in [3.8, 4) is 0 Å². The Bertz CT molecular complexity index is 420. The van der Waals surface area contributed by atoms with Gasteiger partial charge in [-0.15, -0.1) is 0 Å². The first-order valence-electron chi connectivity index (χ1n) is 6.03. The first kappa shape index (κ1) is 11.8. The summed E-state index contributed by atoms with van der Waals surface area (Å²) >= 11 is 5.31. The van der Waals surface area contributed by atoms with Crippen LogP contribution in [0.4, 0.5) is 0 Å².